The lowest BCUT2D eigenvalue weighted by Gasteiger charge is -2.16. The van der Waals surface area contributed by atoms with E-state index in [0.717, 1.165) is 16.9 Å². The molecule has 4 rings (SSSR count). The molecule has 164 valence electrons. The summed E-state index contributed by atoms with van der Waals surface area (Å²) >= 11 is 7.47. The van der Waals surface area contributed by atoms with Gasteiger partial charge >= 0.3 is 0 Å². The van der Waals surface area contributed by atoms with Crippen LogP contribution in [0.5, 0.6) is 5.75 Å². The van der Waals surface area contributed by atoms with Crippen LogP contribution >= 0.6 is 23.4 Å². The number of halogens is 1. The van der Waals surface area contributed by atoms with Crippen molar-refractivity contribution in [3.63, 3.8) is 0 Å². The van der Waals surface area contributed by atoms with Crippen molar-refractivity contribution in [3.05, 3.63) is 64.2 Å². The van der Waals surface area contributed by atoms with Crippen molar-refractivity contribution in [2.24, 2.45) is 0 Å². The van der Waals surface area contributed by atoms with Crippen molar-refractivity contribution in [2.45, 2.75) is 19.0 Å². The smallest absolute Gasteiger partial charge is 0.234 e. The number of carbonyl (C=O) groups is 1. The number of aromatic nitrogens is 4. The molecule has 0 aliphatic rings. The maximum Gasteiger partial charge on any atom is 0.234 e. The number of carbonyl (C=O) groups excluding carboxylic acids is 1. The zero-order chi connectivity index (χ0) is 22.8. The lowest BCUT2D eigenvalue weighted by atomic mass is 10.2. The second-order valence-electron chi connectivity index (χ2n) is 7.09. The number of nitrogens with one attached hydrogen (secondary N) is 3. The minimum absolute atomic E-state index is 0.0824. The number of amides is 1. The highest BCUT2D eigenvalue weighted by atomic mass is 35.5. The van der Waals surface area contributed by atoms with Crippen molar-refractivity contribution < 1.29 is 9.53 Å². The molecule has 0 bridgehead atoms. The molecule has 2 aromatic heterocycles. The second kappa shape index (κ2) is 9.05. The van der Waals surface area contributed by atoms with Gasteiger partial charge in [-0.25, -0.2) is 4.98 Å². The number of fused-ring (bicyclic) bond motifs is 1. The van der Waals surface area contributed by atoms with E-state index in [2.05, 4.69) is 20.5 Å². The van der Waals surface area contributed by atoms with E-state index in [1.165, 1.54) is 11.8 Å². The van der Waals surface area contributed by atoms with Gasteiger partial charge < -0.3 is 10.1 Å². The van der Waals surface area contributed by atoms with Gasteiger partial charge in [0, 0.05) is 10.7 Å². The number of thioether (sulfide) groups is 1. The molecule has 0 saturated carbocycles. The first kappa shape index (κ1) is 21.9. The molecule has 2 aromatic carbocycles. The minimum atomic E-state index is -0.222. The molecule has 0 radical (unpaired) electrons. The summed E-state index contributed by atoms with van der Waals surface area (Å²) in [7, 11) is 1.55. The summed E-state index contributed by atoms with van der Waals surface area (Å²) < 4.78 is 6.99. The van der Waals surface area contributed by atoms with E-state index in [-0.39, 0.29) is 17.1 Å². The SMILES string of the molecule is COc1ccccc1NC(=O)CSc1nc2n[nH]c(C)c2c(=N)n1-c1cc(Cl)ccc1C. The first-order chi connectivity index (χ1) is 15.4. The Morgan fingerprint density at radius 3 is 2.84 bits per heavy atom. The number of nitrogens with zero attached hydrogens (tertiary/aromatic N) is 3. The van der Waals surface area contributed by atoms with Crippen LogP contribution in [0.2, 0.25) is 5.02 Å². The van der Waals surface area contributed by atoms with Gasteiger partial charge in [-0.3, -0.25) is 19.9 Å². The Morgan fingerprint density at radius 1 is 1.28 bits per heavy atom. The molecule has 10 heteroatoms. The molecule has 3 N–H and O–H groups in total. The quantitative estimate of drug-likeness (QED) is 0.290. The van der Waals surface area contributed by atoms with Crippen LogP contribution in [0.3, 0.4) is 0 Å². The standard InChI is InChI=1S/C22H21ClN6O2S/c1-12-8-9-14(23)10-16(12)29-20(24)19-13(2)27-28-21(19)26-22(29)32-11-18(30)25-15-6-4-5-7-17(15)31-3/h4-10,24H,11H2,1-3H3,(H,25,30)(H,27,28). The van der Waals surface area contributed by atoms with Gasteiger partial charge in [0.15, 0.2) is 10.8 Å². The Labute approximate surface area is 193 Å². The number of hydrogen-bond donors (Lipinski definition) is 3. The topological polar surface area (TPSA) is 109 Å². The third-order valence-corrected chi connectivity index (χ3v) is 6.08. The molecule has 0 aliphatic carbocycles. The lowest BCUT2D eigenvalue weighted by Crippen LogP contribution is -2.24. The van der Waals surface area contributed by atoms with Crippen LogP contribution < -0.4 is 15.5 Å². The highest BCUT2D eigenvalue weighted by molar-refractivity contribution is 7.99. The normalized spacial score (nSPS) is 11.0. The molecule has 0 unspecified atom stereocenters. The van der Waals surface area contributed by atoms with Crippen molar-refractivity contribution in [1.82, 2.24) is 19.7 Å². The largest absolute Gasteiger partial charge is 0.495 e. The lowest BCUT2D eigenvalue weighted by molar-refractivity contribution is -0.113. The van der Waals surface area contributed by atoms with Crippen LogP contribution in [0.1, 0.15) is 11.3 Å². The third-order valence-electron chi connectivity index (χ3n) is 4.91. The summed E-state index contributed by atoms with van der Waals surface area (Å²) in [5, 5.41) is 20.4. The zero-order valence-electron chi connectivity index (χ0n) is 17.7. The van der Waals surface area contributed by atoms with Gasteiger partial charge in [0.1, 0.15) is 11.2 Å². The van der Waals surface area contributed by atoms with Crippen molar-refractivity contribution >= 4 is 46.0 Å². The summed E-state index contributed by atoms with van der Waals surface area (Å²) in [5.74, 6) is 0.440. The first-order valence-corrected chi connectivity index (χ1v) is 11.1. The van der Waals surface area contributed by atoms with E-state index < -0.39 is 0 Å². The number of hydrogen-bond acceptors (Lipinski definition) is 6. The van der Waals surface area contributed by atoms with E-state index in [1.54, 1.807) is 35.9 Å². The fraction of sp³-hybridized carbons (Fsp3) is 0.182. The second-order valence-corrected chi connectivity index (χ2v) is 8.47. The molecule has 0 spiro atoms. The number of aromatic amines is 1. The molecule has 0 fully saturated rings. The number of aryl methyl sites for hydroxylation is 2. The highest BCUT2D eigenvalue weighted by Crippen LogP contribution is 2.27. The molecular weight excluding hydrogens is 448 g/mol. The molecule has 0 atom stereocenters. The Balaban J connectivity index is 1.71. The average Bonchev–Trinajstić information content (AvgIpc) is 3.15. The van der Waals surface area contributed by atoms with Crippen LogP contribution in [0, 0.1) is 19.3 Å². The number of benzene rings is 2. The molecule has 2 heterocycles. The number of rotatable bonds is 6. The Hall–Kier alpha value is -3.30. The summed E-state index contributed by atoms with van der Waals surface area (Å²) in [6.45, 7) is 3.78. The van der Waals surface area contributed by atoms with Crippen LogP contribution in [0.4, 0.5) is 5.69 Å². The average molecular weight is 469 g/mol. The maximum atomic E-state index is 12.7. The van der Waals surface area contributed by atoms with E-state index in [4.69, 9.17) is 21.7 Å². The molecule has 8 nitrogen and oxygen atoms in total. The van der Waals surface area contributed by atoms with Gasteiger partial charge in [-0.15, -0.1) is 0 Å². The third kappa shape index (κ3) is 4.21. The fourth-order valence-electron chi connectivity index (χ4n) is 3.34. The van der Waals surface area contributed by atoms with Gasteiger partial charge in [-0.2, -0.15) is 5.10 Å². The summed E-state index contributed by atoms with van der Waals surface area (Å²) in [4.78, 5) is 17.3. The zero-order valence-corrected chi connectivity index (χ0v) is 19.3. The van der Waals surface area contributed by atoms with Gasteiger partial charge in [-0.1, -0.05) is 41.6 Å². The van der Waals surface area contributed by atoms with E-state index in [9.17, 15) is 4.79 Å². The van der Waals surface area contributed by atoms with E-state index in [1.807, 2.05) is 32.0 Å². The molecule has 0 saturated heterocycles. The van der Waals surface area contributed by atoms with Crippen LogP contribution in [-0.4, -0.2) is 38.5 Å². The molecule has 32 heavy (non-hydrogen) atoms. The predicted molar refractivity (Wildman–Crippen MR) is 126 cm³/mol. The van der Waals surface area contributed by atoms with Gasteiger partial charge in [0.05, 0.1) is 29.6 Å². The first-order valence-electron chi connectivity index (χ1n) is 9.73. The summed E-state index contributed by atoms with van der Waals surface area (Å²) in [6, 6.07) is 12.7. The fourth-order valence-corrected chi connectivity index (χ4v) is 4.31. The number of methoxy groups -OCH3 is 1. The van der Waals surface area contributed by atoms with E-state index >= 15 is 0 Å². The van der Waals surface area contributed by atoms with Crippen LogP contribution in [0.25, 0.3) is 16.7 Å². The Morgan fingerprint density at radius 2 is 2.06 bits per heavy atom. The number of anilines is 1. The summed E-state index contributed by atoms with van der Waals surface area (Å²) in [5.41, 5.74) is 3.64. The number of para-hydroxylation sites is 2. The van der Waals surface area contributed by atoms with E-state index in [0.29, 0.717) is 32.6 Å². The van der Waals surface area contributed by atoms with Crippen LogP contribution in [0.15, 0.2) is 47.6 Å². The van der Waals surface area contributed by atoms with Crippen molar-refractivity contribution in [2.75, 3.05) is 18.2 Å². The molecule has 1 amide bonds. The number of ether oxygens (including phenoxy) is 1. The van der Waals surface area contributed by atoms with Crippen LogP contribution in [-0.2, 0) is 4.79 Å². The highest BCUT2D eigenvalue weighted by Gasteiger charge is 2.18. The van der Waals surface area contributed by atoms with Crippen molar-refractivity contribution in [1.29, 1.82) is 5.41 Å². The molecule has 0 aliphatic heterocycles. The Bertz CT molecular complexity index is 1380. The summed E-state index contributed by atoms with van der Waals surface area (Å²) in [6.07, 6.45) is 0. The van der Waals surface area contributed by atoms with Gasteiger partial charge in [0.2, 0.25) is 5.91 Å². The Kier molecular flexibility index (Phi) is 6.20. The van der Waals surface area contributed by atoms with Gasteiger partial charge in [-0.05, 0) is 43.7 Å². The molecular formula is C22H21ClN6O2S. The van der Waals surface area contributed by atoms with Gasteiger partial charge in [0.25, 0.3) is 0 Å². The maximum absolute atomic E-state index is 12.7. The molecule has 4 aromatic rings. The van der Waals surface area contributed by atoms with Crippen molar-refractivity contribution in [3.8, 4) is 11.4 Å². The minimum Gasteiger partial charge on any atom is -0.495 e. The predicted octanol–water partition coefficient (Wildman–Crippen LogP) is 4.24. The monoisotopic (exact) mass is 468 g/mol. The number of H-pyrrole nitrogens is 1.